The molecule has 1 aromatic heterocycles. The molecule has 0 aliphatic carbocycles. The third-order valence-electron chi connectivity index (χ3n) is 4.09. The van der Waals surface area contributed by atoms with E-state index in [2.05, 4.69) is 10.4 Å². The number of hydrogen-bond donors (Lipinski definition) is 1. The summed E-state index contributed by atoms with van der Waals surface area (Å²) < 4.78 is 13.0. The molecule has 6 nitrogen and oxygen atoms in total. The lowest BCUT2D eigenvalue weighted by Gasteiger charge is -2.15. The lowest BCUT2D eigenvalue weighted by atomic mass is 10.1. The zero-order valence-corrected chi connectivity index (χ0v) is 15.6. The van der Waals surface area contributed by atoms with Gasteiger partial charge in [0.2, 0.25) is 5.91 Å². The molecular formula is C19H27N3O3. The van der Waals surface area contributed by atoms with Crippen molar-refractivity contribution in [3.63, 3.8) is 0 Å². The summed E-state index contributed by atoms with van der Waals surface area (Å²) in [4.78, 5) is 12.4. The van der Waals surface area contributed by atoms with Crippen LogP contribution in [0.3, 0.4) is 0 Å². The maximum atomic E-state index is 12.4. The predicted molar refractivity (Wildman–Crippen MR) is 97.0 cm³/mol. The minimum atomic E-state index is -0.0877. The number of carbonyl (C=O) groups is 1. The molecule has 1 unspecified atom stereocenters. The van der Waals surface area contributed by atoms with Crippen molar-refractivity contribution in [3.8, 4) is 11.5 Å². The number of benzene rings is 1. The largest absolute Gasteiger partial charge is 0.490 e. The van der Waals surface area contributed by atoms with Crippen LogP contribution in [-0.4, -0.2) is 28.9 Å². The maximum absolute atomic E-state index is 12.4. The second-order valence-electron chi connectivity index (χ2n) is 5.92. The first-order valence-corrected chi connectivity index (χ1v) is 8.62. The summed E-state index contributed by atoms with van der Waals surface area (Å²) in [6.45, 7) is 8.93. The molecule has 0 fully saturated rings. The highest BCUT2D eigenvalue weighted by molar-refractivity contribution is 5.79. The number of aromatic nitrogens is 2. The van der Waals surface area contributed by atoms with Crippen LogP contribution < -0.4 is 14.8 Å². The number of hydrogen-bond acceptors (Lipinski definition) is 4. The van der Waals surface area contributed by atoms with Gasteiger partial charge in [0.1, 0.15) is 0 Å². The van der Waals surface area contributed by atoms with Crippen molar-refractivity contribution < 1.29 is 14.3 Å². The third-order valence-corrected chi connectivity index (χ3v) is 4.09. The molecule has 0 bridgehead atoms. The quantitative estimate of drug-likeness (QED) is 0.799. The van der Waals surface area contributed by atoms with Gasteiger partial charge in [-0.25, -0.2) is 0 Å². The van der Waals surface area contributed by atoms with Crippen molar-refractivity contribution in [3.05, 3.63) is 41.2 Å². The molecular weight excluding hydrogens is 318 g/mol. The number of nitrogens with one attached hydrogen (secondary N) is 1. The lowest BCUT2D eigenvalue weighted by Crippen LogP contribution is -2.28. The van der Waals surface area contributed by atoms with Gasteiger partial charge in [-0.2, -0.15) is 5.10 Å². The molecule has 1 N–H and O–H groups in total. The second-order valence-corrected chi connectivity index (χ2v) is 5.92. The first-order valence-electron chi connectivity index (χ1n) is 8.62. The molecule has 1 aromatic carbocycles. The second kappa shape index (κ2) is 8.55. The number of ether oxygens (including phenoxy) is 2. The summed E-state index contributed by atoms with van der Waals surface area (Å²) in [6, 6.07) is 5.53. The van der Waals surface area contributed by atoms with Gasteiger partial charge in [0, 0.05) is 18.3 Å². The Hall–Kier alpha value is -2.50. The summed E-state index contributed by atoms with van der Waals surface area (Å²) in [7, 11) is 1.89. The highest BCUT2D eigenvalue weighted by Crippen LogP contribution is 2.28. The Kier molecular flexibility index (Phi) is 6.44. The van der Waals surface area contributed by atoms with Crippen LogP contribution in [0.5, 0.6) is 11.5 Å². The zero-order chi connectivity index (χ0) is 18.4. The molecule has 0 saturated carbocycles. The van der Waals surface area contributed by atoms with Gasteiger partial charge in [-0.3, -0.25) is 9.48 Å². The number of aryl methyl sites for hydroxylation is 1. The van der Waals surface area contributed by atoms with E-state index in [0.29, 0.717) is 24.7 Å². The molecule has 1 amide bonds. The van der Waals surface area contributed by atoms with E-state index in [4.69, 9.17) is 9.47 Å². The highest BCUT2D eigenvalue weighted by atomic mass is 16.5. The molecule has 25 heavy (non-hydrogen) atoms. The first-order chi connectivity index (χ1) is 12.0. The van der Waals surface area contributed by atoms with Gasteiger partial charge in [-0.1, -0.05) is 6.07 Å². The summed E-state index contributed by atoms with van der Waals surface area (Å²) in [6.07, 6.45) is 2.08. The Bertz CT molecular complexity index is 725. The van der Waals surface area contributed by atoms with Crippen molar-refractivity contribution in [2.24, 2.45) is 7.05 Å². The average molecular weight is 345 g/mol. The third kappa shape index (κ3) is 4.75. The fourth-order valence-corrected chi connectivity index (χ4v) is 2.70. The van der Waals surface area contributed by atoms with E-state index in [1.165, 1.54) is 0 Å². The molecule has 0 saturated heterocycles. The summed E-state index contributed by atoms with van der Waals surface area (Å²) in [5.74, 6) is 1.33. The van der Waals surface area contributed by atoms with Gasteiger partial charge in [-0.05, 0) is 45.4 Å². The van der Waals surface area contributed by atoms with Crippen LogP contribution in [0.1, 0.15) is 43.6 Å². The Labute approximate surface area is 149 Å². The molecule has 0 spiro atoms. The minimum absolute atomic E-state index is 0.0395. The van der Waals surface area contributed by atoms with Crippen LogP contribution in [0.4, 0.5) is 0 Å². The number of carbonyl (C=O) groups excluding carboxylic acids is 1. The van der Waals surface area contributed by atoms with Crippen molar-refractivity contribution in [2.45, 2.75) is 40.2 Å². The van der Waals surface area contributed by atoms with Gasteiger partial charge in [0.15, 0.2) is 11.5 Å². The van der Waals surface area contributed by atoms with Crippen molar-refractivity contribution in [2.75, 3.05) is 13.2 Å². The van der Waals surface area contributed by atoms with Crippen molar-refractivity contribution >= 4 is 5.91 Å². The molecule has 0 aliphatic heterocycles. The van der Waals surface area contributed by atoms with Crippen LogP contribution in [0.15, 0.2) is 24.4 Å². The van der Waals surface area contributed by atoms with Crippen LogP contribution in [0, 0.1) is 6.92 Å². The molecule has 0 radical (unpaired) electrons. The van der Waals surface area contributed by atoms with Crippen LogP contribution in [0.2, 0.25) is 0 Å². The maximum Gasteiger partial charge on any atom is 0.224 e. The zero-order valence-electron chi connectivity index (χ0n) is 15.6. The molecule has 136 valence electrons. The molecule has 2 rings (SSSR count). The average Bonchev–Trinajstić information content (AvgIpc) is 2.90. The molecule has 6 heteroatoms. The van der Waals surface area contributed by atoms with E-state index in [-0.39, 0.29) is 18.4 Å². The normalized spacial score (nSPS) is 11.9. The van der Waals surface area contributed by atoms with Crippen molar-refractivity contribution in [1.29, 1.82) is 0 Å². The van der Waals surface area contributed by atoms with Gasteiger partial charge in [0.05, 0.1) is 31.9 Å². The fourth-order valence-electron chi connectivity index (χ4n) is 2.70. The standard InChI is InChI=1S/C19H27N3O3/c1-6-24-17-9-8-15(10-18(17)25-7-2)11-19(23)21-13(3)16-12-20-22(5)14(16)4/h8-10,12-13H,6-7,11H2,1-5H3,(H,21,23). The summed E-state index contributed by atoms with van der Waals surface area (Å²) in [5, 5.41) is 7.25. The van der Waals surface area contributed by atoms with Crippen molar-refractivity contribution in [1.82, 2.24) is 15.1 Å². The first kappa shape index (κ1) is 18.8. The van der Waals surface area contributed by atoms with E-state index in [9.17, 15) is 4.79 Å². The van der Waals surface area contributed by atoms with Crippen LogP contribution in [0.25, 0.3) is 0 Å². The van der Waals surface area contributed by atoms with Gasteiger partial charge < -0.3 is 14.8 Å². The van der Waals surface area contributed by atoms with E-state index >= 15 is 0 Å². The Morgan fingerprint density at radius 2 is 1.92 bits per heavy atom. The molecule has 0 aliphatic rings. The van der Waals surface area contributed by atoms with E-state index in [0.717, 1.165) is 16.8 Å². The Balaban J connectivity index is 2.04. The van der Waals surface area contributed by atoms with Crippen LogP contribution >= 0.6 is 0 Å². The topological polar surface area (TPSA) is 65.4 Å². The minimum Gasteiger partial charge on any atom is -0.490 e. The SMILES string of the molecule is CCOc1ccc(CC(=O)NC(C)c2cnn(C)c2C)cc1OCC. The molecule has 1 heterocycles. The van der Waals surface area contributed by atoms with Gasteiger partial charge >= 0.3 is 0 Å². The van der Waals surface area contributed by atoms with Gasteiger partial charge in [-0.15, -0.1) is 0 Å². The van der Waals surface area contributed by atoms with E-state index < -0.39 is 0 Å². The smallest absolute Gasteiger partial charge is 0.224 e. The summed E-state index contributed by atoms with van der Waals surface area (Å²) in [5.41, 5.74) is 2.96. The highest BCUT2D eigenvalue weighted by Gasteiger charge is 2.15. The summed E-state index contributed by atoms with van der Waals surface area (Å²) >= 11 is 0. The van der Waals surface area contributed by atoms with E-state index in [1.807, 2.05) is 52.9 Å². The number of nitrogens with zero attached hydrogens (tertiary/aromatic N) is 2. The van der Waals surface area contributed by atoms with Gasteiger partial charge in [0.25, 0.3) is 0 Å². The predicted octanol–water partition coefficient (Wildman–Crippen LogP) is 2.95. The molecule has 1 atom stereocenters. The molecule has 2 aromatic rings. The number of amides is 1. The fraction of sp³-hybridized carbons (Fsp3) is 0.474. The monoisotopic (exact) mass is 345 g/mol. The van der Waals surface area contributed by atoms with Crippen LogP contribution in [-0.2, 0) is 18.3 Å². The number of rotatable bonds is 8. The lowest BCUT2D eigenvalue weighted by molar-refractivity contribution is -0.121. The Morgan fingerprint density at radius 1 is 1.24 bits per heavy atom. The Morgan fingerprint density at radius 3 is 2.52 bits per heavy atom. The van der Waals surface area contributed by atoms with E-state index in [1.54, 1.807) is 10.9 Å².